The predicted octanol–water partition coefficient (Wildman–Crippen LogP) is 3.56. The molecule has 1 N–H and O–H groups in total. The summed E-state index contributed by atoms with van der Waals surface area (Å²) in [6, 6.07) is 5.66. The first kappa shape index (κ1) is 12.0. The minimum Gasteiger partial charge on any atom is -0.459 e. The highest BCUT2D eigenvalue weighted by atomic mass is 19.4. The fraction of sp³-hybridized carbons (Fsp3) is 0.333. The Morgan fingerprint density at radius 3 is 2.71 bits per heavy atom. The van der Waals surface area contributed by atoms with Crippen molar-refractivity contribution in [2.24, 2.45) is 0 Å². The van der Waals surface area contributed by atoms with Crippen LogP contribution in [-0.2, 0) is 12.7 Å². The van der Waals surface area contributed by atoms with Gasteiger partial charge < -0.3 is 9.73 Å². The molecule has 0 bridgehead atoms. The van der Waals surface area contributed by atoms with Crippen molar-refractivity contribution in [1.82, 2.24) is 5.32 Å². The minimum absolute atomic E-state index is 0.0899. The van der Waals surface area contributed by atoms with E-state index in [0.717, 1.165) is 12.6 Å². The Labute approximate surface area is 96.4 Å². The number of furan rings is 1. The zero-order valence-corrected chi connectivity index (χ0v) is 9.27. The predicted molar refractivity (Wildman–Crippen MR) is 58.6 cm³/mol. The third-order valence-corrected chi connectivity index (χ3v) is 2.45. The minimum atomic E-state index is -4.38. The van der Waals surface area contributed by atoms with E-state index in [1.807, 2.05) is 6.92 Å². The van der Waals surface area contributed by atoms with E-state index in [1.165, 1.54) is 6.07 Å². The first-order valence-electron chi connectivity index (χ1n) is 5.31. The van der Waals surface area contributed by atoms with Gasteiger partial charge in [0.15, 0.2) is 0 Å². The van der Waals surface area contributed by atoms with Crippen LogP contribution in [0.5, 0.6) is 0 Å². The summed E-state index contributed by atoms with van der Waals surface area (Å²) in [5.41, 5.74) is -0.814. The van der Waals surface area contributed by atoms with Gasteiger partial charge in [-0.15, -0.1) is 0 Å². The summed E-state index contributed by atoms with van der Waals surface area (Å²) < 4.78 is 43.4. The lowest BCUT2D eigenvalue weighted by Crippen LogP contribution is -2.10. The molecule has 92 valence electrons. The number of rotatable bonds is 3. The van der Waals surface area contributed by atoms with E-state index in [-0.39, 0.29) is 5.58 Å². The van der Waals surface area contributed by atoms with Gasteiger partial charge in [-0.3, -0.25) is 0 Å². The molecule has 0 amide bonds. The third-order valence-electron chi connectivity index (χ3n) is 2.45. The molecule has 0 saturated carbocycles. The smallest absolute Gasteiger partial charge is 0.420 e. The third kappa shape index (κ3) is 2.44. The first-order chi connectivity index (χ1) is 8.02. The Balaban J connectivity index is 2.46. The average molecular weight is 243 g/mol. The highest BCUT2D eigenvalue weighted by molar-refractivity contribution is 5.81. The topological polar surface area (TPSA) is 25.2 Å². The number of para-hydroxylation sites is 1. The Morgan fingerprint density at radius 1 is 1.29 bits per heavy atom. The van der Waals surface area contributed by atoms with Gasteiger partial charge in [0.05, 0.1) is 12.1 Å². The molecule has 0 aliphatic heterocycles. The summed E-state index contributed by atoms with van der Waals surface area (Å²) in [7, 11) is 0. The van der Waals surface area contributed by atoms with E-state index < -0.39 is 11.7 Å². The lowest BCUT2D eigenvalue weighted by atomic mass is 10.1. The van der Waals surface area contributed by atoms with Gasteiger partial charge in [-0.2, -0.15) is 13.2 Å². The van der Waals surface area contributed by atoms with Gasteiger partial charge in [-0.25, -0.2) is 0 Å². The normalized spacial score (nSPS) is 12.2. The summed E-state index contributed by atoms with van der Waals surface area (Å²) in [5, 5.41) is 3.49. The lowest BCUT2D eigenvalue weighted by Gasteiger charge is -2.06. The van der Waals surface area contributed by atoms with Crippen LogP contribution in [0.25, 0.3) is 11.0 Å². The maximum Gasteiger partial charge on any atom is 0.420 e. The van der Waals surface area contributed by atoms with E-state index in [2.05, 4.69) is 5.32 Å². The second-order valence-electron chi connectivity index (χ2n) is 3.71. The summed E-state index contributed by atoms with van der Waals surface area (Å²) in [5.74, 6) is 0.513. The molecule has 0 radical (unpaired) electrons. The van der Waals surface area contributed by atoms with Crippen LogP contribution in [-0.4, -0.2) is 6.54 Å². The van der Waals surface area contributed by atoms with E-state index in [0.29, 0.717) is 17.7 Å². The highest BCUT2D eigenvalue weighted by Crippen LogP contribution is 2.35. The van der Waals surface area contributed by atoms with E-state index in [4.69, 9.17) is 4.42 Å². The Kier molecular flexibility index (Phi) is 3.11. The van der Waals surface area contributed by atoms with Crippen LogP contribution in [0, 0.1) is 0 Å². The van der Waals surface area contributed by atoms with Gasteiger partial charge in [-0.1, -0.05) is 19.1 Å². The number of hydrogen-bond acceptors (Lipinski definition) is 2. The molecular formula is C12H12F3NO. The summed E-state index contributed by atoms with van der Waals surface area (Å²) in [6.07, 6.45) is -4.38. The van der Waals surface area contributed by atoms with E-state index in [1.54, 1.807) is 12.1 Å². The van der Waals surface area contributed by atoms with Gasteiger partial charge in [0.1, 0.15) is 11.3 Å². The number of benzene rings is 1. The van der Waals surface area contributed by atoms with E-state index >= 15 is 0 Å². The van der Waals surface area contributed by atoms with Crippen molar-refractivity contribution in [3.05, 3.63) is 35.6 Å². The quantitative estimate of drug-likeness (QED) is 0.891. The number of alkyl halides is 3. The standard InChI is InChI=1S/C12H12F3NO/c1-2-16-7-9-6-8-4-3-5-10(11(8)17-9)12(13,14)15/h3-6,16H,2,7H2,1H3. The number of hydrogen-bond donors (Lipinski definition) is 1. The molecular weight excluding hydrogens is 231 g/mol. The van der Waals surface area contributed by atoms with Gasteiger partial charge >= 0.3 is 6.18 Å². The summed E-state index contributed by atoms with van der Waals surface area (Å²) in [4.78, 5) is 0. The highest BCUT2D eigenvalue weighted by Gasteiger charge is 2.34. The maximum absolute atomic E-state index is 12.7. The number of nitrogens with one attached hydrogen (secondary N) is 1. The second kappa shape index (κ2) is 4.41. The molecule has 2 nitrogen and oxygen atoms in total. The van der Waals surface area contributed by atoms with Crippen molar-refractivity contribution in [2.75, 3.05) is 6.54 Å². The molecule has 2 aromatic rings. The van der Waals surface area contributed by atoms with Crippen LogP contribution in [0.15, 0.2) is 28.7 Å². The molecule has 1 aromatic heterocycles. The summed E-state index contributed by atoms with van der Waals surface area (Å²) in [6.45, 7) is 3.09. The lowest BCUT2D eigenvalue weighted by molar-refractivity contribution is -0.136. The van der Waals surface area contributed by atoms with Gasteiger partial charge in [0.25, 0.3) is 0 Å². The van der Waals surface area contributed by atoms with Crippen LogP contribution in [0.4, 0.5) is 13.2 Å². The van der Waals surface area contributed by atoms with Gasteiger partial charge in [0, 0.05) is 5.39 Å². The van der Waals surface area contributed by atoms with Crippen LogP contribution < -0.4 is 5.32 Å². The van der Waals surface area contributed by atoms with Crippen LogP contribution in [0.1, 0.15) is 18.2 Å². The molecule has 0 fully saturated rings. The van der Waals surface area contributed by atoms with Crippen molar-refractivity contribution in [3.8, 4) is 0 Å². The fourth-order valence-electron chi connectivity index (χ4n) is 1.67. The Morgan fingerprint density at radius 2 is 2.06 bits per heavy atom. The summed E-state index contributed by atoms with van der Waals surface area (Å²) >= 11 is 0. The maximum atomic E-state index is 12.7. The fourth-order valence-corrected chi connectivity index (χ4v) is 1.67. The molecule has 0 saturated heterocycles. The molecule has 5 heteroatoms. The number of halogens is 3. The molecule has 1 heterocycles. The van der Waals surface area contributed by atoms with E-state index in [9.17, 15) is 13.2 Å². The Bertz CT molecular complexity index is 516. The molecule has 17 heavy (non-hydrogen) atoms. The van der Waals surface area contributed by atoms with Crippen molar-refractivity contribution in [3.63, 3.8) is 0 Å². The largest absolute Gasteiger partial charge is 0.459 e. The van der Waals surface area contributed by atoms with Crippen LogP contribution >= 0.6 is 0 Å². The average Bonchev–Trinajstić information content (AvgIpc) is 2.66. The zero-order valence-electron chi connectivity index (χ0n) is 9.27. The SMILES string of the molecule is CCNCc1cc2cccc(C(F)(F)F)c2o1. The molecule has 0 aliphatic rings. The van der Waals surface area contributed by atoms with Crippen molar-refractivity contribution in [1.29, 1.82) is 0 Å². The second-order valence-corrected chi connectivity index (χ2v) is 3.71. The molecule has 0 unspecified atom stereocenters. The van der Waals surface area contributed by atoms with Gasteiger partial charge in [0.2, 0.25) is 0 Å². The van der Waals surface area contributed by atoms with Crippen LogP contribution in [0.3, 0.4) is 0 Å². The Hall–Kier alpha value is -1.49. The molecule has 2 rings (SSSR count). The molecule has 0 atom stereocenters. The van der Waals surface area contributed by atoms with Crippen LogP contribution in [0.2, 0.25) is 0 Å². The van der Waals surface area contributed by atoms with Crippen molar-refractivity contribution >= 4 is 11.0 Å². The number of fused-ring (bicyclic) bond motifs is 1. The molecule has 0 aliphatic carbocycles. The van der Waals surface area contributed by atoms with Gasteiger partial charge in [-0.05, 0) is 18.7 Å². The first-order valence-corrected chi connectivity index (χ1v) is 5.31. The monoisotopic (exact) mass is 243 g/mol. The molecule has 0 spiro atoms. The zero-order chi connectivity index (χ0) is 12.5. The van der Waals surface area contributed by atoms with Crippen molar-refractivity contribution < 1.29 is 17.6 Å². The molecule has 1 aromatic carbocycles. The van der Waals surface area contributed by atoms with Crippen molar-refractivity contribution in [2.45, 2.75) is 19.6 Å².